The molecule has 1 heterocycles. The highest BCUT2D eigenvalue weighted by molar-refractivity contribution is 6.53. The molecular formula is C28H24ClN3O5. The van der Waals surface area contributed by atoms with Crippen molar-refractivity contribution in [3.05, 3.63) is 100 Å². The molecule has 0 bridgehead atoms. The van der Waals surface area contributed by atoms with Crippen molar-refractivity contribution >= 4 is 52.4 Å². The van der Waals surface area contributed by atoms with E-state index in [1.165, 1.54) is 24.3 Å². The molecule has 4 rings (SSSR count). The Morgan fingerprint density at radius 3 is 2.16 bits per heavy atom. The van der Waals surface area contributed by atoms with Crippen LogP contribution in [0.4, 0.5) is 17.1 Å². The summed E-state index contributed by atoms with van der Waals surface area (Å²) in [5, 5.41) is 5.52. The van der Waals surface area contributed by atoms with E-state index in [4.69, 9.17) is 16.3 Å². The molecule has 37 heavy (non-hydrogen) atoms. The van der Waals surface area contributed by atoms with Crippen LogP contribution in [0.15, 0.2) is 83.5 Å². The molecule has 188 valence electrons. The van der Waals surface area contributed by atoms with E-state index in [2.05, 4.69) is 10.6 Å². The summed E-state index contributed by atoms with van der Waals surface area (Å²) in [5.41, 5.74) is 3.14. The highest BCUT2D eigenvalue weighted by atomic mass is 35.5. The number of hydrogen-bond donors (Lipinski definition) is 2. The number of ether oxygens (including phenoxy) is 1. The lowest BCUT2D eigenvalue weighted by Crippen LogP contribution is -2.32. The van der Waals surface area contributed by atoms with E-state index in [-0.39, 0.29) is 28.9 Å². The first-order valence-electron chi connectivity index (χ1n) is 11.7. The summed E-state index contributed by atoms with van der Waals surface area (Å²) >= 11 is 6.21. The largest absolute Gasteiger partial charge is 0.462 e. The summed E-state index contributed by atoms with van der Waals surface area (Å²) < 4.78 is 4.95. The van der Waals surface area contributed by atoms with Crippen LogP contribution in [-0.2, 0) is 20.7 Å². The van der Waals surface area contributed by atoms with Crippen LogP contribution in [-0.4, -0.2) is 30.3 Å². The number of carbonyl (C=O) groups is 4. The molecule has 8 nitrogen and oxygen atoms in total. The van der Waals surface area contributed by atoms with Crippen LogP contribution in [0.5, 0.6) is 0 Å². The lowest BCUT2D eigenvalue weighted by molar-refractivity contribution is -0.120. The van der Waals surface area contributed by atoms with Gasteiger partial charge >= 0.3 is 5.97 Å². The minimum Gasteiger partial charge on any atom is -0.462 e. The summed E-state index contributed by atoms with van der Waals surface area (Å²) in [6.07, 6.45) is 0.786. The zero-order chi connectivity index (χ0) is 26.5. The first kappa shape index (κ1) is 25.7. The number of carbonyl (C=O) groups excluding carboxylic acids is 4. The second-order valence-electron chi connectivity index (χ2n) is 8.07. The van der Waals surface area contributed by atoms with Crippen molar-refractivity contribution in [3.8, 4) is 0 Å². The number of imide groups is 1. The average Bonchev–Trinajstić information content (AvgIpc) is 3.12. The maximum Gasteiger partial charge on any atom is 0.338 e. The Morgan fingerprint density at radius 1 is 0.865 bits per heavy atom. The molecule has 0 aromatic heterocycles. The Kier molecular flexibility index (Phi) is 7.69. The van der Waals surface area contributed by atoms with Crippen molar-refractivity contribution in [2.45, 2.75) is 20.3 Å². The van der Waals surface area contributed by atoms with Gasteiger partial charge in [-0.25, -0.2) is 9.69 Å². The van der Waals surface area contributed by atoms with Gasteiger partial charge in [0.2, 0.25) is 0 Å². The Bertz CT molecular complexity index is 1400. The number of benzene rings is 3. The SMILES string of the molecule is CCOC(=O)c1ccc(N2C(=O)C(Cl)=C(Nc3ccc(C(=O)Nc4ccccc4CC)cc3)C2=O)cc1. The molecule has 0 fully saturated rings. The predicted molar refractivity (Wildman–Crippen MR) is 142 cm³/mol. The Morgan fingerprint density at radius 2 is 1.51 bits per heavy atom. The molecule has 1 aliphatic heterocycles. The minimum atomic E-state index is -0.691. The van der Waals surface area contributed by atoms with Crippen molar-refractivity contribution in [1.29, 1.82) is 0 Å². The molecule has 3 aromatic rings. The monoisotopic (exact) mass is 517 g/mol. The van der Waals surface area contributed by atoms with Gasteiger partial charge < -0.3 is 15.4 Å². The molecule has 0 radical (unpaired) electrons. The van der Waals surface area contributed by atoms with Gasteiger partial charge in [0.05, 0.1) is 17.9 Å². The van der Waals surface area contributed by atoms with E-state index >= 15 is 0 Å². The van der Waals surface area contributed by atoms with Gasteiger partial charge in [-0.05, 0) is 73.5 Å². The molecule has 1 aliphatic rings. The van der Waals surface area contributed by atoms with E-state index in [0.29, 0.717) is 16.8 Å². The highest BCUT2D eigenvalue weighted by Gasteiger charge is 2.39. The first-order valence-corrected chi connectivity index (χ1v) is 12.0. The summed E-state index contributed by atoms with van der Waals surface area (Å²) in [6.45, 7) is 3.95. The fraction of sp³-hybridized carbons (Fsp3) is 0.143. The molecule has 2 N–H and O–H groups in total. The fourth-order valence-corrected chi connectivity index (χ4v) is 4.01. The summed E-state index contributed by atoms with van der Waals surface area (Å²) in [6, 6.07) is 19.9. The maximum absolute atomic E-state index is 13.0. The highest BCUT2D eigenvalue weighted by Crippen LogP contribution is 2.30. The second kappa shape index (κ2) is 11.1. The van der Waals surface area contributed by atoms with Crippen LogP contribution in [0.3, 0.4) is 0 Å². The van der Waals surface area contributed by atoms with Crippen LogP contribution < -0.4 is 15.5 Å². The van der Waals surface area contributed by atoms with E-state index in [1.807, 2.05) is 31.2 Å². The fourth-order valence-electron chi connectivity index (χ4n) is 3.80. The quantitative estimate of drug-likeness (QED) is 0.317. The molecule has 0 unspecified atom stereocenters. The number of halogens is 1. The molecule has 3 aromatic carbocycles. The van der Waals surface area contributed by atoms with Crippen LogP contribution in [0.1, 0.15) is 40.1 Å². The van der Waals surface area contributed by atoms with Gasteiger partial charge in [0.25, 0.3) is 17.7 Å². The molecule has 0 atom stereocenters. The number of amides is 3. The van der Waals surface area contributed by atoms with Gasteiger partial charge in [-0.3, -0.25) is 14.4 Å². The minimum absolute atomic E-state index is 0.0878. The van der Waals surface area contributed by atoms with E-state index in [9.17, 15) is 19.2 Å². The second-order valence-corrected chi connectivity index (χ2v) is 8.45. The van der Waals surface area contributed by atoms with E-state index in [1.54, 1.807) is 31.2 Å². The van der Waals surface area contributed by atoms with Gasteiger partial charge in [-0.1, -0.05) is 36.7 Å². The van der Waals surface area contributed by atoms with Crippen LogP contribution >= 0.6 is 11.6 Å². The molecule has 0 saturated heterocycles. The lowest BCUT2D eigenvalue weighted by Gasteiger charge is -2.15. The van der Waals surface area contributed by atoms with Gasteiger partial charge in [-0.2, -0.15) is 0 Å². The number of rotatable bonds is 8. The lowest BCUT2D eigenvalue weighted by atomic mass is 10.1. The topological polar surface area (TPSA) is 105 Å². The molecule has 0 aliphatic carbocycles. The van der Waals surface area contributed by atoms with Crippen LogP contribution in [0, 0.1) is 0 Å². The Labute approximate surface area is 218 Å². The predicted octanol–water partition coefficient (Wildman–Crippen LogP) is 5.11. The standard InChI is InChI=1S/C28H24ClN3O5/c1-3-17-7-5-6-8-22(17)31-25(33)18-9-13-20(14-10-18)30-24-23(29)26(34)32(27(24)35)21-15-11-19(12-16-21)28(36)37-4-2/h5-16,30H,3-4H2,1-2H3,(H,31,33). The first-order chi connectivity index (χ1) is 17.8. The van der Waals surface area contributed by atoms with Crippen molar-refractivity contribution in [1.82, 2.24) is 0 Å². The van der Waals surface area contributed by atoms with Crippen LogP contribution in [0.25, 0.3) is 0 Å². The number of nitrogens with one attached hydrogen (secondary N) is 2. The van der Waals surface area contributed by atoms with Gasteiger partial charge in [-0.15, -0.1) is 0 Å². The maximum atomic E-state index is 13.0. The third-order valence-corrected chi connectivity index (χ3v) is 6.08. The summed E-state index contributed by atoms with van der Waals surface area (Å²) in [7, 11) is 0. The third-order valence-electron chi connectivity index (χ3n) is 5.73. The molecule has 3 amide bonds. The van der Waals surface area contributed by atoms with Crippen molar-refractivity contribution < 1.29 is 23.9 Å². The van der Waals surface area contributed by atoms with Crippen molar-refractivity contribution in [2.75, 3.05) is 22.1 Å². The number of aryl methyl sites for hydroxylation is 1. The number of esters is 1. The number of anilines is 3. The van der Waals surface area contributed by atoms with E-state index in [0.717, 1.165) is 22.6 Å². The third kappa shape index (κ3) is 5.39. The van der Waals surface area contributed by atoms with Gasteiger partial charge in [0.1, 0.15) is 10.7 Å². The number of hydrogen-bond acceptors (Lipinski definition) is 6. The number of para-hydroxylation sites is 1. The van der Waals surface area contributed by atoms with Gasteiger partial charge in [0, 0.05) is 16.9 Å². The smallest absolute Gasteiger partial charge is 0.338 e. The summed E-state index contributed by atoms with van der Waals surface area (Å²) in [4.78, 5) is 51.3. The molecule has 9 heteroatoms. The normalized spacial score (nSPS) is 13.1. The van der Waals surface area contributed by atoms with Crippen molar-refractivity contribution in [2.24, 2.45) is 0 Å². The zero-order valence-electron chi connectivity index (χ0n) is 20.2. The average molecular weight is 518 g/mol. The summed E-state index contributed by atoms with van der Waals surface area (Å²) in [5.74, 6) is -2.10. The zero-order valence-corrected chi connectivity index (χ0v) is 21.0. The molecule has 0 spiro atoms. The van der Waals surface area contributed by atoms with Crippen molar-refractivity contribution in [3.63, 3.8) is 0 Å². The van der Waals surface area contributed by atoms with Gasteiger partial charge in [0.15, 0.2) is 0 Å². The van der Waals surface area contributed by atoms with Crippen LogP contribution in [0.2, 0.25) is 0 Å². The number of nitrogens with zero attached hydrogens (tertiary/aromatic N) is 1. The molecule has 0 saturated carbocycles. The Balaban J connectivity index is 1.46. The Hall–Kier alpha value is -4.43. The van der Waals surface area contributed by atoms with E-state index < -0.39 is 17.8 Å². The molecular weight excluding hydrogens is 494 g/mol.